The molecule has 126 valence electrons. The quantitative estimate of drug-likeness (QED) is 0.806. The number of carbonyl (C=O) groups excluding carboxylic acids is 2. The summed E-state index contributed by atoms with van der Waals surface area (Å²) in [6.45, 7) is 5.78. The van der Waals surface area contributed by atoms with Crippen LogP contribution >= 0.6 is 11.8 Å². The summed E-state index contributed by atoms with van der Waals surface area (Å²) in [6.07, 6.45) is 0.852. The number of imide groups is 1. The van der Waals surface area contributed by atoms with E-state index < -0.39 is 6.03 Å². The van der Waals surface area contributed by atoms with Crippen LogP contribution < -0.4 is 20.1 Å². The Balaban J connectivity index is 1.80. The fourth-order valence-electron chi connectivity index (χ4n) is 1.89. The van der Waals surface area contributed by atoms with Gasteiger partial charge in [0.05, 0.1) is 19.0 Å². The molecule has 0 bridgehead atoms. The van der Waals surface area contributed by atoms with Crippen molar-refractivity contribution in [3.8, 4) is 11.5 Å². The van der Waals surface area contributed by atoms with Gasteiger partial charge in [0.25, 0.3) is 0 Å². The van der Waals surface area contributed by atoms with Gasteiger partial charge in [0, 0.05) is 17.9 Å². The lowest BCUT2D eigenvalue weighted by molar-refractivity contribution is -0.117. The molecule has 0 spiro atoms. The Morgan fingerprint density at radius 1 is 1.22 bits per heavy atom. The molecule has 0 radical (unpaired) electrons. The molecule has 0 unspecified atom stereocenters. The first-order valence-electron chi connectivity index (χ1n) is 7.64. The van der Waals surface area contributed by atoms with Gasteiger partial charge < -0.3 is 14.8 Å². The van der Waals surface area contributed by atoms with Gasteiger partial charge in [0.1, 0.15) is 0 Å². The zero-order chi connectivity index (χ0) is 16.7. The first kappa shape index (κ1) is 17.5. The van der Waals surface area contributed by atoms with Crippen LogP contribution in [0.2, 0.25) is 0 Å². The first-order valence-corrected chi connectivity index (χ1v) is 8.63. The second-order valence-electron chi connectivity index (χ2n) is 5.60. The van der Waals surface area contributed by atoms with Crippen LogP contribution in [0.3, 0.4) is 0 Å². The fraction of sp³-hybridized carbons (Fsp3) is 0.500. The minimum absolute atomic E-state index is 0.161. The van der Waals surface area contributed by atoms with E-state index in [2.05, 4.69) is 10.6 Å². The Hall–Kier alpha value is -1.89. The van der Waals surface area contributed by atoms with Gasteiger partial charge >= 0.3 is 6.03 Å². The smallest absolute Gasteiger partial charge is 0.321 e. The standard InChI is InChI=1S/C16H22N2O4S/c1-11(2)9-17-16(20)18-15(19)10-23-12-4-5-13-14(8-12)22-7-3-6-21-13/h4-5,8,11H,3,6-7,9-10H2,1-2H3,(H2,17,18,19,20). The van der Waals surface area contributed by atoms with E-state index in [0.29, 0.717) is 31.4 Å². The van der Waals surface area contributed by atoms with Crippen LogP contribution in [0.15, 0.2) is 23.1 Å². The highest BCUT2D eigenvalue weighted by Gasteiger charge is 2.12. The van der Waals surface area contributed by atoms with Crippen molar-refractivity contribution in [2.45, 2.75) is 25.2 Å². The Kier molecular flexibility index (Phi) is 6.58. The van der Waals surface area contributed by atoms with Crippen molar-refractivity contribution in [1.29, 1.82) is 0 Å². The Morgan fingerprint density at radius 3 is 2.70 bits per heavy atom. The maximum atomic E-state index is 11.8. The van der Waals surface area contributed by atoms with Crippen molar-refractivity contribution in [3.63, 3.8) is 0 Å². The van der Waals surface area contributed by atoms with E-state index in [-0.39, 0.29) is 11.7 Å². The Labute approximate surface area is 140 Å². The summed E-state index contributed by atoms with van der Waals surface area (Å²) in [6, 6.07) is 5.13. The highest BCUT2D eigenvalue weighted by atomic mass is 32.2. The normalized spacial score (nSPS) is 13.3. The van der Waals surface area contributed by atoms with Gasteiger partial charge in [-0.25, -0.2) is 4.79 Å². The van der Waals surface area contributed by atoms with Crippen LogP contribution in [0.1, 0.15) is 20.3 Å². The van der Waals surface area contributed by atoms with Crippen molar-refractivity contribution < 1.29 is 19.1 Å². The van der Waals surface area contributed by atoms with Crippen molar-refractivity contribution in [2.24, 2.45) is 5.92 Å². The molecule has 1 aliphatic rings. The number of fused-ring (bicyclic) bond motifs is 1. The van der Waals surface area contributed by atoms with Crippen molar-refractivity contribution in [1.82, 2.24) is 10.6 Å². The summed E-state index contributed by atoms with van der Waals surface area (Å²) in [7, 11) is 0. The number of ether oxygens (including phenoxy) is 2. The number of rotatable bonds is 5. The number of nitrogens with one attached hydrogen (secondary N) is 2. The summed E-state index contributed by atoms with van der Waals surface area (Å²) in [5.74, 6) is 1.59. The van der Waals surface area contributed by atoms with Crippen LogP contribution in [0.25, 0.3) is 0 Å². The predicted octanol–water partition coefficient (Wildman–Crippen LogP) is 2.42. The number of hydrogen-bond donors (Lipinski definition) is 2. The molecular weight excluding hydrogens is 316 g/mol. The molecule has 0 atom stereocenters. The molecule has 2 rings (SSSR count). The first-order chi connectivity index (χ1) is 11.0. The zero-order valence-corrected chi connectivity index (χ0v) is 14.2. The van der Waals surface area contributed by atoms with Gasteiger partial charge in [-0.3, -0.25) is 10.1 Å². The monoisotopic (exact) mass is 338 g/mol. The molecule has 3 amide bonds. The molecule has 1 aromatic rings. The SMILES string of the molecule is CC(C)CNC(=O)NC(=O)CSc1ccc2c(c1)OCCCO2. The second kappa shape index (κ2) is 8.67. The zero-order valence-electron chi connectivity index (χ0n) is 13.4. The van der Waals surface area contributed by atoms with E-state index in [1.54, 1.807) is 0 Å². The lowest BCUT2D eigenvalue weighted by Crippen LogP contribution is -2.41. The van der Waals surface area contributed by atoms with E-state index >= 15 is 0 Å². The fourth-order valence-corrected chi connectivity index (χ4v) is 2.61. The average Bonchev–Trinajstić information content (AvgIpc) is 2.75. The lowest BCUT2D eigenvalue weighted by atomic mass is 10.2. The number of thioether (sulfide) groups is 1. The van der Waals surface area contributed by atoms with E-state index in [1.807, 2.05) is 32.0 Å². The van der Waals surface area contributed by atoms with Gasteiger partial charge in [-0.15, -0.1) is 11.8 Å². The van der Waals surface area contributed by atoms with Crippen molar-refractivity contribution in [3.05, 3.63) is 18.2 Å². The average molecular weight is 338 g/mol. The molecule has 2 N–H and O–H groups in total. The van der Waals surface area contributed by atoms with Crippen molar-refractivity contribution in [2.75, 3.05) is 25.5 Å². The largest absolute Gasteiger partial charge is 0.490 e. The second-order valence-corrected chi connectivity index (χ2v) is 6.65. The molecule has 0 saturated carbocycles. The highest BCUT2D eigenvalue weighted by Crippen LogP contribution is 2.33. The maximum Gasteiger partial charge on any atom is 0.321 e. The molecule has 0 aliphatic carbocycles. The Bertz CT molecular complexity index is 563. The molecule has 1 aromatic carbocycles. The molecule has 0 aromatic heterocycles. The summed E-state index contributed by atoms with van der Waals surface area (Å²) >= 11 is 1.35. The topological polar surface area (TPSA) is 76.7 Å². The molecule has 7 heteroatoms. The number of benzene rings is 1. The molecule has 1 aliphatic heterocycles. The molecule has 1 heterocycles. The van der Waals surface area contributed by atoms with Gasteiger partial charge in [-0.05, 0) is 24.1 Å². The number of urea groups is 1. The Morgan fingerprint density at radius 2 is 1.96 bits per heavy atom. The van der Waals surface area contributed by atoms with Gasteiger partial charge in [0.2, 0.25) is 5.91 Å². The number of amides is 3. The molecule has 6 nitrogen and oxygen atoms in total. The third-order valence-electron chi connectivity index (χ3n) is 3.01. The van der Waals surface area contributed by atoms with Crippen LogP contribution in [0, 0.1) is 5.92 Å². The molecule has 0 saturated heterocycles. The van der Waals surface area contributed by atoms with Crippen LogP contribution in [-0.4, -0.2) is 37.4 Å². The molecule has 0 fully saturated rings. The minimum atomic E-state index is -0.456. The number of carbonyl (C=O) groups is 2. The van der Waals surface area contributed by atoms with Gasteiger partial charge in [-0.1, -0.05) is 13.8 Å². The maximum absolute atomic E-state index is 11.8. The van der Waals surface area contributed by atoms with E-state index in [4.69, 9.17) is 9.47 Å². The van der Waals surface area contributed by atoms with Crippen LogP contribution in [-0.2, 0) is 4.79 Å². The predicted molar refractivity (Wildman–Crippen MR) is 89.2 cm³/mol. The van der Waals surface area contributed by atoms with E-state index in [9.17, 15) is 9.59 Å². The van der Waals surface area contributed by atoms with Crippen LogP contribution in [0.5, 0.6) is 11.5 Å². The summed E-state index contributed by atoms with van der Waals surface area (Å²) in [5.41, 5.74) is 0. The van der Waals surface area contributed by atoms with E-state index in [0.717, 1.165) is 17.1 Å². The summed E-state index contributed by atoms with van der Waals surface area (Å²) in [4.78, 5) is 24.2. The lowest BCUT2D eigenvalue weighted by Gasteiger charge is -2.10. The third-order valence-corrected chi connectivity index (χ3v) is 4.01. The van der Waals surface area contributed by atoms with E-state index in [1.165, 1.54) is 11.8 Å². The summed E-state index contributed by atoms with van der Waals surface area (Å²) < 4.78 is 11.2. The minimum Gasteiger partial charge on any atom is -0.490 e. The molecular formula is C16H22N2O4S. The van der Waals surface area contributed by atoms with Crippen molar-refractivity contribution >= 4 is 23.7 Å². The van der Waals surface area contributed by atoms with Gasteiger partial charge in [0.15, 0.2) is 11.5 Å². The third kappa shape index (κ3) is 6.02. The van der Waals surface area contributed by atoms with Gasteiger partial charge in [-0.2, -0.15) is 0 Å². The molecule has 23 heavy (non-hydrogen) atoms. The van der Waals surface area contributed by atoms with Crippen LogP contribution in [0.4, 0.5) is 4.79 Å². The number of hydrogen-bond acceptors (Lipinski definition) is 5. The summed E-state index contributed by atoms with van der Waals surface area (Å²) in [5, 5.41) is 4.95. The highest BCUT2D eigenvalue weighted by molar-refractivity contribution is 8.00.